The van der Waals surface area contributed by atoms with Crippen molar-refractivity contribution >= 4 is 57.9 Å². The van der Waals surface area contributed by atoms with E-state index in [2.05, 4.69) is 5.16 Å². The number of nitrogens with zero attached hydrogens (tertiary/aromatic N) is 1. The van der Waals surface area contributed by atoms with Crippen LogP contribution in [0.4, 0.5) is 0 Å². The second-order valence-electron chi connectivity index (χ2n) is 6.38. The Morgan fingerprint density at radius 2 is 1.73 bits per heavy atom. The number of oxime groups is 1. The quantitative estimate of drug-likeness (QED) is 0.114. The summed E-state index contributed by atoms with van der Waals surface area (Å²) in [5.74, 6) is -0.378. The van der Waals surface area contributed by atoms with Gasteiger partial charge in [-0.05, 0) is 29.7 Å². The van der Waals surface area contributed by atoms with Gasteiger partial charge in [0.2, 0.25) is 5.78 Å². The average Bonchev–Trinajstić information content (AvgIpc) is 2.76. The highest BCUT2D eigenvalue weighted by atomic mass is 35.5. The maximum atomic E-state index is 13.2. The molecule has 3 aromatic carbocycles. The van der Waals surface area contributed by atoms with Gasteiger partial charge in [0, 0.05) is 45.5 Å². The van der Waals surface area contributed by atoms with Crippen molar-refractivity contribution in [1.29, 1.82) is 0 Å². The summed E-state index contributed by atoms with van der Waals surface area (Å²) in [4.78, 5) is 40.9. The van der Waals surface area contributed by atoms with Crippen LogP contribution in [0.25, 0.3) is 10.8 Å². The highest BCUT2D eigenvalue weighted by molar-refractivity contribution is 7.99. The smallest absolute Gasteiger partial charge is 0.318 e. The summed E-state index contributed by atoms with van der Waals surface area (Å²) in [5, 5.41) is 5.84. The van der Waals surface area contributed by atoms with Gasteiger partial charge in [-0.25, -0.2) is 4.79 Å². The van der Waals surface area contributed by atoms with Crippen LogP contribution in [0.1, 0.15) is 34.1 Å². The number of aldehydes is 1. The predicted octanol–water partition coefficient (Wildman–Crippen LogP) is 5.59. The Balaban J connectivity index is 1.82. The maximum absolute atomic E-state index is 13.2. The summed E-state index contributed by atoms with van der Waals surface area (Å²) in [6.45, 7) is 1.23. The molecule has 3 rings (SSSR count). The first-order chi connectivity index (χ1) is 14.5. The molecule has 0 saturated heterocycles. The molecule has 7 heteroatoms. The minimum Gasteiger partial charge on any atom is -0.318 e. The van der Waals surface area contributed by atoms with E-state index in [1.165, 1.54) is 18.7 Å². The Bertz CT molecular complexity index is 1130. The van der Waals surface area contributed by atoms with Crippen LogP contribution in [0.2, 0.25) is 5.02 Å². The second-order valence-corrected chi connectivity index (χ2v) is 7.95. The van der Waals surface area contributed by atoms with E-state index >= 15 is 0 Å². The number of rotatable bonds is 8. The van der Waals surface area contributed by atoms with Crippen LogP contribution in [-0.4, -0.2) is 29.5 Å². The molecule has 30 heavy (non-hydrogen) atoms. The van der Waals surface area contributed by atoms with Gasteiger partial charge >= 0.3 is 5.97 Å². The topological polar surface area (TPSA) is 72.8 Å². The fourth-order valence-electron chi connectivity index (χ4n) is 2.84. The Hall–Kier alpha value is -2.96. The van der Waals surface area contributed by atoms with Crippen molar-refractivity contribution in [3.05, 3.63) is 76.8 Å². The number of carbonyl (C=O) groups is 3. The summed E-state index contributed by atoms with van der Waals surface area (Å²) in [5.41, 5.74) is 1.19. The van der Waals surface area contributed by atoms with Crippen LogP contribution in [0.5, 0.6) is 0 Å². The number of Topliss-reactive ketones (excluding diaryl/α,β-unsaturated/α-hetero) is 1. The molecule has 0 aliphatic rings. The number of carbonyl (C=O) groups excluding carboxylic acids is 3. The number of halogens is 1. The molecule has 0 aliphatic carbocycles. The van der Waals surface area contributed by atoms with Gasteiger partial charge in [0.25, 0.3) is 0 Å². The molecule has 0 amide bonds. The number of thioether (sulfide) groups is 1. The zero-order valence-electron chi connectivity index (χ0n) is 16.1. The van der Waals surface area contributed by atoms with E-state index in [0.717, 1.165) is 16.6 Å². The van der Waals surface area contributed by atoms with Crippen molar-refractivity contribution < 1.29 is 19.2 Å². The fraction of sp³-hybridized carbons (Fsp3) is 0.130. The van der Waals surface area contributed by atoms with Crippen molar-refractivity contribution in [3.63, 3.8) is 0 Å². The molecular formula is C23H18ClNO4S. The number of benzene rings is 3. The lowest BCUT2D eigenvalue weighted by molar-refractivity contribution is -0.140. The molecule has 0 spiro atoms. The van der Waals surface area contributed by atoms with Crippen molar-refractivity contribution in [2.75, 3.05) is 5.75 Å². The van der Waals surface area contributed by atoms with E-state index in [0.29, 0.717) is 33.7 Å². The van der Waals surface area contributed by atoms with Crippen LogP contribution in [0.3, 0.4) is 0 Å². The zero-order chi connectivity index (χ0) is 21.5. The van der Waals surface area contributed by atoms with Crippen molar-refractivity contribution in [1.82, 2.24) is 0 Å². The molecule has 0 bridgehead atoms. The Labute approximate surface area is 183 Å². The van der Waals surface area contributed by atoms with Crippen LogP contribution in [0, 0.1) is 0 Å². The standard InChI is InChI=1S/C23H18ClNO4S/c1-15(27)29-25-22(12-13-30-17-8-6-16(14-26)7-9-17)23(28)20-10-11-21(24)19-5-3-2-4-18(19)20/h2-11,14H,12-13H2,1H3/b25-22+. The van der Waals surface area contributed by atoms with E-state index in [-0.39, 0.29) is 11.5 Å². The molecule has 152 valence electrons. The van der Waals surface area contributed by atoms with E-state index in [1.807, 2.05) is 36.4 Å². The van der Waals surface area contributed by atoms with Crippen LogP contribution in [0.15, 0.2) is 70.7 Å². The molecule has 0 radical (unpaired) electrons. The highest BCUT2D eigenvalue weighted by Crippen LogP contribution is 2.27. The van der Waals surface area contributed by atoms with E-state index in [1.54, 1.807) is 24.3 Å². The summed E-state index contributed by atoms with van der Waals surface area (Å²) >= 11 is 7.76. The van der Waals surface area contributed by atoms with Crippen molar-refractivity contribution in [3.8, 4) is 0 Å². The second kappa shape index (κ2) is 10.2. The lowest BCUT2D eigenvalue weighted by Gasteiger charge is -2.09. The first-order valence-electron chi connectivity index (χ1n) is 9.14. The third-order valence-corrected chi connectivity index (χ3v) is 5.63. The first-order valence-corrected chi connectivity index (χ1v) is 10.5. The predicted molar refractivity (Wildman–Crippen MR) is 120 cm³/mol. The van der Waals surface area contributed by atoms with Crippen LogP contribution < -0.4 is 0 Å². The molecule has 5 nitrogen and oxygen atoms in total. The van der Waals surface area contributed by atoms with Crippen molar-refractivity contribution in [2.24, 2.45) is 5.16 Å². The minimum absolute atomic E-state index is 0.148. The average molecular weight is 440 g/mol. The van der Waals surface area contributed by atoms with Gasteiger partial charge in [0.1, 0.15) is 12.0 Å². The summed E-state index contributed by atoms with van der Waals surface area (Å²) in [6, 6.07) is 17.8. The Morgan fingerprint density at radius 3 is 2.40 bits per heavy atom. The molecule has 0 saturated carbocycles. The third kappa shape index (κ3) is 5.34. The lowest BCUT2D eigenvalue weighted by atomic mass is 9.98. The lowest BCUT2D eigenvalue weighted by Crippen LogP contribution is -2.17. The van der Waals surface area contributed by atoms with Crippen LogP contribution >= 0.6 is 23.4 Å². The molecule has 0 aliphatic heterocycles. The van der Waals surface area contributed by atoms with Gasteiger partial charge in [-0.15, -0.1) is 11.8 Å². The van der Waals surface area contributed by atoms with E-state index in [4.69, 9.17) is 16.4 Å². The number of fused-ring (bicyclic) bond motifs is 1. The van der Waals surface area contributed by atoms with Crippen molar-refractivity contribution in [2.45, 2.75) is 18.2 Å². The minimum atomic E-state index is -0.599. The first kappa shape index (κ1) is 21.7. The summed E-state index contributed by atoms with van der Waals surface area (Å²) in [7, 11) is 0. The molecule has 0 aromatic heterocycles. The molecular weight excluding hydrogens is 422 g/mol. The van der Waals surface area contributed by atoms with E-state index < -0.39 is 5.97 Å². The monoisotopic (exact) mass is 439 g/mol. The zero-order valence-corrected chi connectivity index (χ0v) is 17.7. The number of ketones is 1. The molecule has 3 aromatic rings. The summed E-state index contributed by atoms with van der Waals surface area (Å²) in [6.07, 6.45) is 1.08. The van der Waals surface area contributed by atoms with Gasteiger partial charge in [-0.1, -0.05) is 53.2 Å². The number of hydrogen-bond donors (Lipinski definition) is 0. The van der Waals surface area contributed by atoms with Gasteiger partial charge in [-0.3, -0.25) is 9.59 Å². The van der Waals surface area contributed by atoms with Crippen LogP contribution in [-0.2, 0) is 9.63 Å². The molecule has 0 fully saturated rings. The normalized spacial score (nSPS) is 11.3. The maximum Gasteiger partial charge on any atom is 0.331 e. The fourth-order valence-corrected chi connectivity index (χ4v) is 3.93. The number of hydrogen-bond acceptors (Lipinski definition) is 6. The van der Waals surface area contributed by atoms with Gasteiger partial charge in [0.15, 0.2) is 0 Å². The highest BCUT2D eigenvalue weighted by Gasteiger charge is 2.19. The van der Waals surface area contributed by atoms with Gasteiger partial charge in [0.05, 0.1) is 0 Å². The van der Waals surface area contributed by atoms with Gasteiger partial charge < -0.3 is 4.84 Å². The largest absolute Gasteiger partial charge is 0.331 e. The van der Waals surface area contributed by atoms with Gasteiger partial charge in [-0.2, -0.15) is 0 Å². The molecule has 0 unspecified atom stereocenters. The molecule has 0 heterocycles. The Kier molecular flexibility index (Phi) is 7.38. The van der Waals surface area contributed by atoms with E-state index in [9.17, 15) is 14.4 Å². The SMILES string of the molecule is CC(=O)O/N=C(\CCSc1ccc(C=O)cc1)C(=O)c1ccc(Cl)c2ccccc12. The molecule has 0 N–H and O–H groups in total. The summed E-state index contributed by atoms with van der Waals surface area (Å²) < 4.78 is 0. The molecule has 0 atom stereocenters. The Morgan fingerprint density at radius 1 is 1.03 bits per heavy atom. The third-order valence-electron chi connectivity index (χ3n) is 4.29.